The van der Waals surface area contributed by atoms with Crippen molar-refractivity contribution in [2.24, 2.45) is 17.8 Å². The number of phenolic OH excluding ortho intramolecular Hbond substituents is 1. The number of fused-ring (bicyclic) bond motifs is 3. The van der Waals surface area contributed by atoms with Crippen molar-refractivity contribution in [3.05, 3.63) is 107 Å². The van der Waals surface area contributed by atoms with Gasteiger partial charge in [-0.3, -0.25) is 9.59 Å². The summed E-state index contributed by atoms with van der Waals surface area (Å²) in [5, 5.41) is 22.9. The highest BCUT2D eigenvalue weighted by molar-refractivity contribution is 6.99. The van der Waals surface area contributed by atoms with E-state index in [0.717, 1.165) is 47.0 Å². The lowest BCUT2D eigenvalue weighted by Gasteiger charge is -2.46. The smallest absolute Gasteiger partial charge is 0.455 e. The number of carbonyl (C=O) groups is 3. The van der Waals surface area contributed by atoms with Gasteiger partial charge in [0, 0.05) is 0 Å². The van der Waals surface area contributed by atoms with Crippen LogP contribution in [0.2, 0.25) is 11.4 Å². The van der Waals surface area contributed by atoms with E-state index in [-0.39, 0.29) is 30.1 Å². The van der Waals surface area contributed by atoms with Crippen LogP contribution in [-0.4, -0.2) is 68.2 Å². The normalized spacial score (nSPS) is 22.2. The van der Waals surface area contributed by atoms with Gasteiger partial charge >= 0.3 is 13.2 Å². The van der Waals surface area contributed by atoms with Crippen molar-refractivity contribution in [1.82, 2.24) is 4.90 Å². The number of amides is 3. The van der Waals surface area contributed by atoms with Gasteiger partial charge in [0.15, 0.2) is 0 Å². The number of nitrogens with zero attached hydrogens (tertiary/aromatic N) is 1. The van der Waals surface area contributed by atoms with Gasteiger partial charge < -0.3 is 23.9 Å². The second-order valence-electron chi connectivity index (χ2n) is 15.4. The van der Waals surface area contributed by atoms with Crippen molar-refractivity contribution >= 4 is 49.8 Å². The first-order valence-corrected chi connectivity index (χ1v) is 20.5. The van der Waals surface area contributed by atoms with E-state index in [9.17, 15) is 24.5 Å². The molecular weight excluding hydrogens is 685 g/mol. The molecule has 0 aromatic heterocycles. The predicted molar refractivity (Wildman–Crippen MR) is 208 cm³/mol. The number of carbonyl (C=O) groups excluding carboxylic acids is 3. The van der Waals surface area contributed by atoms with Crippen molar-refractivity contribution in [2.45, 2.75) is 77.3 Å². The Morgan fingerprint density at radius 2 is 1.57 bits per heavy atom. The number of ether oxygens (including phenoxy) is 1. The molecule has 0 saturated carbocycles. The molecule has 4 atom stereocenters. The molecule has 278 valence electrons. The fourth-order valence-corrected chi connectivity index (χ4v) is 13.4. The Morgan fingerprint density at radius 3 is 2.13 bits per heavy atom. The maximum Gasteiger partial charge on any atom is 0.455 e. The van der Waals surface area contributed by atoms with Crippen LogP contribution >= 0.6 is 0 Å². The minimum absolute atomic E-state index is 0.120. The van der Waals surface area contributed by atoms with Crippen LogP contribution in [0.4, 0.5) is 4.79 Å². The fourth-order valence-electron chi connectivity index (χ4n) is 8.84. The SMILES string of the molecule is CCC/C(=C\c1ccc(O)cc1)CC[C@H]1OB(O)C[C@H]2C1=C(CO[Si](c1ccccc1)(c1ccccc1)C(C)(C)C)C[C@H]1C(=O)N(C(=O)OC)C(=O)[C@H]12. The molecule has 3 amide bonds. The molecule has 2 saturated heterocycles. The summed E-state index contributed by atoms with van der Waals surface area (Å²) >= 11 is 0. The van der Waals surface area contributed by atoms with E-state index in [1.54, 1.807) is 12.1 Å². The number of allylic oxidation sites excluding steroid dienone is 1. The highest BCUT2D eigenvalue weighted by atomic mass is 28.4. The fraction of sp³-hybridized carbons (Fsp3) is 0.405. The van der Waals surface area contributed by atoms with E-state index >= 15 is 0 Å². The van der Waals surface area contributed by atoms with Crippen LogP contribution in [0, 0.1) is 17.8 Å². The molecule has 9 nitrogen and oxygen atoms in total. The molecule has 6 rings (SSSR count). The second kappa shape index (κ2) is 16.0. The Kier molecular flexibility index (Phi) is 11.6. The van der Waals surface area contributed by atoms with Crippen molar-refractivity contribution in [3.63, 3.8) is 0 Å². The first kappa shape index (κ1) is 38.4. The van der Waals surface area contributed by atoms with Crippen LogP contribution in [-0.2, 0) is 23.4 Å². The Balaban J connectivity index is 1.44. The molecule has 3 aromatic rings. The molecule has 0 radical (unpaired) electrons. The Hall–Kier alpha value is -4.29. The number of benzene rings is 3. The quantitative estimate of drug-likeness (QED) is 0.130. The summed E-state index contributed by atoms with van der Waals surface area (Å²) < 4.78 is 18.6. The summed E-state index contributed by atoms with van der Waals surface area (Å²) in [7, 11) is -3.01. The van der Waals surface area contributed by atoms with E-state index in [0.29, 0.717) is 17.7 Å². The first-order valence-electron chi connectivity index (χ1n) is 18.6. The number of aromatic hydroxyl groups is 1. The van der Waals surface area contributed by atoms with Crippen LogP contribution in [0.1, 0.15) is 65.4 Å². The van der Waals surface area contributed by atoms with Crippen LogP contribution < -0.4 is 10.4 Å². The lowest BCUT2D eigenvalue weighted by Crippen LogP contribution is -2.66. The molecule has 0 bridgehead atoms. The van der Waals surface area contributed by atoms with Crippen LogP contribution in [0.3, 0.4) is 0 Å². The molecule has 2 fully saturated rings. The summed E-state index contributed by atoms with van der Waals surface area (Å²) in [6.07, 6.45) is 3.94. The van der Waals surface area contributed by atoms with E-state index in [2.05, 4.69) is 58.0 Å². The van der Waals surface area contributed by atoms with Gasteiger partial charge in [-0.15, -0.1) is 0 Å². The number of rotatable bonds is 11. The van der Waals surface area contributed by atoms with E-state index in [1.165, 1.54) is 5.57 Å². The minimum Gasteiger partial charge on any atom is -0.508 e. The highest BCUT2D eigenvalue weighted by Gasteiger charge is 2.59. The van der Waals surface area contributed by atoms with E-state index in [4.69, 9.17) is 13.8 Å². The molecule has 3 aromatic carbocycles. The van der Waals surface area contributed by atoms with Gasteiger partial charge in [-0.25, -0.2) is 4.79 Å². The van der Waals surface area contributed by atoms with E-state index in [1.807, 2.05) is 48.5 Å². The summed E-state index contributed by atoms with van der Waals surface area (Å²) in [4.78, 5) is 41.2. The standard InChI is InChI=1S/C42H50BNO8Si/c1-6-13-28(24-29-18-21-31(45)22-19-29)20-23-36-37-30(25-34-38(35(37)26-43(49)52-36)40(47)44(39(34)46)41(48)50-5)27-51-53(42(2,3)4,32-14-9-7-10-15-32)33-16-11-8-12-17-33/h7-12,14-19,21-22,24,34-36,38,45,49H,6,13,20,23,25-27H2,1-5H3/b28-24+/t34-,35+,36-,38-/m1/s1. The number of methoxy groups -OCH3 is 1. The van der Waals surface area contributed by atoms with E-state index < -0.39 is 57.2 Å². The van der Waals surface area contributed by atoms with Gasteiger partial charge in [-0.1, -0.05) is 119 Å². The lowest BCUT2D eigenvalue weighted by molar-refractivity contribution is -0.137. The molecular formula is C42H50BNO8Si. The first-order chi connectivity index (χ1) is 25.4. The van der Waals surface area contributed by atoms with Crippen molar-refractivity contribution in [3.8, 4) is 5.75 Å². The largest absolute Gasteiger partial charge is 0.508 e. The molecule has 2 heterocycles. The molecule has 0 unspecified atom stereocenters. The lowest BCUT2D eigenvalue weighted by atomic mass is 9.58. The zero-order chi connectivity index (χ0) is 37.9. The Morgan fingerprint density at radius 1 is 0.943 bits per heavy atom. The Bertz CT molecular complexity index is 1820. The third-order valence-corrected chi connectivity index (χ3v) is 16.1. The van der Waals surface area contributed by atoms with Crippen molar-refractivity contribution in [2.75, 3.05) is 13.7 Å². The van der Waals surface area contributed by atoms with Gasteiger partial charge in [-0.05, 0) is 82.2 Å². The number of phenols is 1. The van der Waals surface area contributed by atoms with Crippen LogP contribution in [0.15, 0.2) is 102 Å². The van der Waals surface area contributed by atoms with Gasteiger partial charge in [0.25, 0.3) is 8.32 Å². The molecule has 3 aliphatic rings. The molecule has 53 heavy (non-hydrogen) atoms. The van der Waals surface area contributed by atoms with Crippen molar-refractivity contribution in [1.29, 1.82) is 0 Å². The average Bonchev–Trinajstić information content (AvgIpc) is 3.40. The third-order valence-electron chi connectivity index (χ3n) is 11.1. The molecule has 1 aliphatic carbocycles. The van der Waals surface area contributed by atoms with Crippen LogP contribution in [0.5, 0.6) is 5.75 Å². The zero-order valence-corrected chi connectivity index (χ0v) is 32.3. The monoisotopic (exact) mass is 735 g/mol. The summed E-state index contributed by atoms with van der Waals surface area (Å²) in [6, 6.07) is 27.8. The maximum atomic E-state index is 13.9. The molecule has 11 heteroatoms. The molecule has 2 N–H and O–H groups in total. The van der Waals surface area contributed by atoms with Gasteiger partial charge in [0.05, 0.1) is 31.7 Å². The zero-order valence-electron chi connectivity index (χ0n) is 31.3. The predicted octanol–water partition coefficient (Wildman–Crippen LogP) is 6.50. The molecule has 0 spiro atoms. The van der Waals surface area contributed by atoms with Gasteiger partial charge in [-0.2, -0.15) is 4.90 Å². The minimum atomic E-state index is -3.01. The van der Waals surface area contributed by atoms with Gasteiger partial charge in [0.2, 0.25) is 11.8 Å². The summed E-state index contributed by atoms with van der Waals surface area (Å²) in [6.45, 7) is 8.96. The highest BCUT2D eigenvalue weighted by Crippen LogP contribution is 2.51. The summed E-state index contributed by atoms with van der Waals surface area (Å²) in [5.74, 6) is -3.10. The maximum absolute atomic E-state index is 13.9. The second-order valence-corrected chi connectivity index (χ2v) is 19.7. The average molecular weight is 736 g/mol. The Labute approximate surface area is 313 Å². The number of likely N-dealkylation sites (tertiary alicyclic amines) is 1. The third kappa shape index (κ3) is 7.58. The molecule has 2 aliphatic heterocycles. The van der Waals surface area contributed by atoms with Crippen molar-refractivity contribution < 1.29 is 38.3 Å². The van der Waals surface area contributed by atoms with Gasteiger partial charge in [0.1, 0.15) is 5.75 Å². The number of hydrogen-bond acceptors (Lipinski definition) is 8. The van der Waals surface area contributed by atoms with Crippen LogP contribution in [0.25, 0.3) is 6.08 Å². The number of hydrogen-bond donors (Lipinski definition) is 2. The topological polar surface area (TPSA) is 123 Å². The summed E-state index contributed by atoms with van der Waals surface area (Å²) in [5.41, 5.74) is 3.95. The number of imide groups is 3.